The molecule has 1 N–H and O–H groups in total. The van der Waals surface area contributed by atoms with E-state index in [-0.39, 0.29) is 6.10 Å². The van der Waals surface area contributed by atoms with Crippen LogP contribution >= 0.6 is 0 Å². The van der Waals surface area contributed by atoms with Gasteiger partial charge in [-0.3, -0.25) is 4.99 Å². The Balaban J connectivity index is 1.67. The van der Waals surface area contributed by atoms with Crippen LogP contribution in [0, 0.1) is 5.92 Å². The molecule has 2 atom stereocenters. The molecule has 6 nitrogen and oxygen atoms in total. The normalized spacial score (nSPS) is 22.3. The molecule has 3 rings (SSSR count). The molecule has 1 fully saturated rings. The lowest BCUT2D eigenvalue weighted by molar-refractivity contribution is 0.157. The smallest absolute Gasteiger partial charge is 0.193 e. The fourth-order valence-electron chi connectivity index (χ4n) is 3.81. The van der Waals surface area contributed by atoms with Gasteiger partial charge in [-0.2, -0.15) is 0 Å². The minimum absolute atomic E-state index is 0.234. The minimum atomic E-state index is 0.234. The Labute approximate surface area is 156 Å². The number of nitrogens with one attached hydrogen (secondary N) is 1. The summed E-state index contributed by atoms with van der Waals surface area (Å²) in [5, 5.41) is 3.49. The molecule has 0 spiro atoms. The van der Waals surface area contributed by atoms with E-state index < -0.39 is 0 Å². The van der Waals surface area contributed by atoms with Gasteiger partial charge < -0.3 is 24.4 Å². The van der Waals surface area contributed by atoms with Crippen molar-refractivity contribution in [3.05, 3.63) is 23.3 Å². The first-order chi connectivity index (χ1) is 12.6. The van der Waals surface area contributed by atoms with Crippen molar-refractivity contribution >= 4 is 5.96 Å². The quantitative estimate of drug-likeness (QED) is 0.623. The first-order valence-electron chi connectivity index (χ1n) is 9.54. The summed E-state index contributed by atoms with van der Waals surface area (Å²) >= 11 is 0. The fourth-order valence-corrected chi connectivity index (χ4v) is 3.81. The van der Waals surface area contributed by atoms with Gasteiger partial charge in [-0.1, -0.05) is 0 Å². The number of ether oxygens (including phenoxy) is 3. The molecule has 6 heteroatoms. The van der Waals surface area contributed by atoms with Gasteiger partial charge in [-0.15, -0.1) is 0 Å². The Bertz CT molecular complexity index is 647. The second kappa shape index (κ2) is 8.62. The van der Waals surface area contributed by atoms with Crippen LogP contribution in [0.3, 0.4) is 0 Å². The van der Waals surface area contributed by atoms with Crippen molar-refractivity contribution in [2.24, 2.45) is 10.9 Å². The zero-order valence-electron chi connectivity index (χ0n) is 16.4. The van der Waals surface area contributed by atoms with Gasteiger partial charge in [-0.25, -0.2) is 0 Å². The van der Waals surface area contributed by atoms with Crippen molar-refractivity contribution < 1.29 is 14.2 Å². The molecule has 1 saturated heterocycles. The molecule has 0 aromatic heterocycles. The number of fused-ring (bicyclic) bond motifs is 1. The van der Waals surface area contributed by atoms with E-state index in [4.69, 9.17) is 14.2 Å². The van der Waals surface area contributed by atoms with E-state index >= 15 is 0 Å². The molecular formula is C20H31N3O3. The second-order valence-electron chi connectivity index (χ2n) is 7.09. The molecular weight excluding hydrogens is 330 g/mol. The standard InChI is InChI=1S/C20H31N3O3/c1-5-25-18-9-16-8-14(2)26-19(16)10-17(18)11-22-20(21-3)23-7-6-15(12-23)13-24-4/h9-10,14-15H,5-8,11-13H2,1-4H3,(H,21,22). The van der Waals surface area contributed by atoms with Crippen molar-refractivity contribution in [2.75, 3.05) is 40.5 Å². The van der Waals surface area contributed by atoms with Crippen molar-refractivity contribution in [1.82, 2.24) is 10.2 Å². The zero-order chi connectivity index (χ0) is 18.5. The van der Waals surface area contributed by atoms with E-state index in [2.05, 4.69) is 34.3 Å². The van der Waals surface area contributed by atoms with Crippen LogP contribution in [-0.2, 0) is 17.7 Å². The summed E-state index contributed by atoms with van der Waals surface area (Å²) in [4.78, 5) is 6.76. The lowest BCUT2D eigenvalue weighted by Gasteiger charge is -2.22. The number of aliphatic imine (C=N–C) groups is 1. The van der Waals surface area contributed by atoms with Gasteiger partial charge in [-0.05, 0) is 32.4 Å². The third-order valence-corrected chi connectivity index (χ3v) is 5.02. The summed E-state index contributed by atoms with van der Waals surface area (Å²) in [6, 6.07) is 4.24. The lowest BCUT2D eigenvalue weighted by atomic mass is 10.1. The number of guanidine groups is 1. The van der Waals surface area contributed by atoms with Gasteiger partial charge >= 0.3 is 0 Å². The molecule has 2 aliphatic heterocycles. The van der Waals surface area contributed by atoms with Crippen molar-refractivity contribution in [3.8, 4) is 11.5 Å². The van der Waals surface area contributed by atoms with E-state index in [1.54, 1.807) is 7.11 Å². The van der Waals surface area contributed by atoms with Gasteiger partial charge in [0.05, 0.1) is 13.2 Å². The maximum atomic E-state index is 5.92. The average molecular weight is 361 g/mol. The van der Waals surface area contributed by atoms with Gasteiger partial charge in [0.2, 0.25) is 0 Å². The third-order valence-electron chi connectivity index (χ3n) is 5.02. The molecule has 2 unspecified atom stereocenters. The Hall–Kier alpha value is -1.95. The summed E-state index contributed by atoms with van der Waals surface area (Å²) < 4.78 is 17.1. The first kappa shape index (κ1) is 18.8. The Morgan fingerprint density at radius 1 is 1.42 bits per heavy atom. The van der Waals surface area contributed by atoms with Crippen molar-refractivity contribution in [1.29, 1.82) is 0 Å². The zero-order valence-corrected chi connectivity index (χ0v) is 16.4. The third kappa shape index (κ3) is 4.23. The second-order valence-corrected chi connectivity index (χ2v) is 7.09. The number of methoxy groups -OCH3 is 1. The predicted molar refractivity (Wildman–Crippen MR) is 103 cm³/mol. The topological polar surface area (TPSA) is 55.3 Å². The van der Waals surface area contributed by atoms with Crippen LogP contribution in [0.25, 0.3) is 0 Å². The molecule has 144 valence electrons. The lowest BCUT2D eigenvalue weighted by Crippen LogP contribution is -2.39. The van der Waals surface area contributed by atoms with Gasteiger partial charge in [0, 0.05) is 57.3 Å². The van der Waals surface area contributed by atoms with Crippen LogP contribution in [-0.4, -0.2) is 57.4 Å². The molecule has 0 aliphatic carbocycles. The number of nitrogens with zero attached hydrogens (tertiary/aromatic N) is 2. The Morgan fingerprint density at radius 3 is 3.00 bits per heavy atom. The highest BCUT2D eigenvalue weighted by atomic mass is 16.5. The first-order valence-corrected chi connectivity index (χ1v) is 9.54. The highest BCUT2D eigenvalue weighted by molar-refractivity contribution is 5.80. The summed E-state index contributed by atoms with van der Waals surface area (Å²) in [6.07, 6.45) is 2.32. The molecule has 1 aromatic rings. The summed E-state index contributed by atoms with van der Waals surface area (Å²) in [5.74, 6) is 3.42. The Morgan fingerprint density at radius 2 is 2.27 bits per heavy atom. The molecule has 2 heterocycles. The van der Waals surface area contributed by atoms with Crippen LogP contribution in [0.5, 0.6) is 11.5 Å². The van der Waals surface area contributed by atoms with E-state index in [9.17, 15) is 0 Å². The molecule has 1 aromatic carbocycles. The molecule has 2 aliphatic rings. The van der Waals surface area contributed by atoms with E-state index in [0.29, 0.717) is 19.1 Å². The number of likely N-dealkylation sites (tertiary alicyclic amines) is 1. The number of benzene rings is 1. The highest BCUT2D eigenvalue weighted by Gasteiger charge is 2.25. The molecule has 0 bridgehead atoms. The van der Waals surface area contributed by atoms with Crippen LogP contribution in [0.4, 0.5) is 0 Å². The minimum Gasteiger partial charge on any atom is -0.494 e. The van der Waals surface area contributed by atoms with Gasteiger partial charge in [0.25, 0.3) is 0 Å². The van der Waals surface area contributed by atoms with E-state index in [1.165, 1.54) is 5.56 Å². The summed E-state index contributed by atoms with van der Waals surface area (Å²) in [5.41, 5.74) is 2.34. The largest absolute Gasteiger partial charge is 0.494 e. The van der Waals surface area contributed by atoms with Crippen LogP contribution in [0.15, 0.2) is 17.1 Å². The fraction of sp³-hybridized carbons (Fsp3) is 0.650. The maximum Gasteiger partial charge on any atom is 0.193 e. The van der Waals surface area contributed by atoms with Crippen LogP contribution < -0.4 is 14.8 Å². The van der Waals surface area contributed by atoms with E-state index in [0.717, 1.165) is 55.6 Å². The molecule has 0 radical (unpaired) electrons. The average Bonchev–Trinajstić information content (AvgIpc) is 3.21. The van der Waals surface area contributed by atoms with Crippen LogP contribution in [0.1, 0.15) is 31.4 Å². The Kier molecular flexibility index (Phi) is 6.25. The van der Waals surface area contributed by atoms with Gasteiger partial charge in [0.15, 0.2) is 5.96 Å². The number of hydrogen-bond acceptors (Lipinski definition) is 4. The predicted octanol–water partition coefficient (Wildman–Crippen LogP) is 2.45. The molecule has 0 amide bonds. The van der Waals surface area contributed by atoms with Gasteiger partial charge in [0.1, 0.15) is 17.6 Å². The highest BCUT2D eigenvalue weighted by Crippen LogP contribution is 2.35. The number of rotatable bonds is 6. The van der Waals surface area contributed by atoms with Crippen molar-refractivity contribution in [2.45, 2.75) is 39.3 Å². The van der Waals surface area contributed by atoms with Crippen molar-refractivity contribution in [3.63, 3.8) is 0 Å². The maximum absolute atomic E-state index is 5.92. The SMILES string of the molecule is CCOc1cc2c(cc1CNC(=NC)N1CCC(COC)C1)OC(C)C2. The molecule has 26 heavy (non-hydrogen) atoms. The monoisotopic (exact) mass is 361 g/mol. The van der Waals surface area contributed by atoms with E-state index in [1.807, 2.05) is 14.0 Å². The molecule has 0 saturated carbocycles. The summed E-state index contributed by atoms with van der Waals surface area (Å²) in [6.45, 7) is 8.24. The van der Waals surface area contributed by atoms with Crippen LogP contribution in [0.2, 0.25) is 0 Å². The summed E-state index contributed by atoms with van der Waals surface area (Å²) in [7, 11) is 3.60. The number of hydrogen-bond donors (Lipinski definition) is 1.